The largest absolute Gasteiger partial charge is 0.237 e. The quantitative estimate of drug-likeness (QED) is 0.356. The fourth-order valence-corrected chi connectivity index (χ4v) is 8.10. The molecule has 4 saturated carbocycles. The molecular formula is C22H38O2. The fourth-order valence-electron chi connectivity index (χ4n) is 8.10. The number of rotatable bonds is 4. The van der Waals surface area contributed by atoms with Crippen LogP contribution in [-0.4, -0.2) is 13.2 Å². The molecule has 0 aromatic heterocycles. The van der Waals surface area contributed by atoms with E-state index < -0.39 is 0 Å². The van der Waals surface area contributed by atoms with Gasteiger partial charge in [0.1, 0.15) is 0 Å². The molecule has 0 aromatic carbocycles. The number of hydrogen-bond donors (Lipinski definition) is 0. The molecule has 7 atom stereocenters. The minimum atomic E-state index is 0.438. The normalized spacial score (nSPS) is 50.9. The van der Waals surface area contributed by atoms with Crippen LogP contribution in [0.2, 0.25) is 0 Å². The maximum absolute atomic E-state index is 5.67. The molecule has 0 bridgehead atoms. The van der Waals surface area contributed by atoms with Gasteiger partial charge >= 0.3 is 0 Å². The summed E-state index contributed by atoms with van der Waals surface area (Å²) in [6.07, 6.45) is 14.5. The summed E-state index contributed by atoms with van der Waals surface area (Å²) < 4.78 is 0. The molecule has 138 valence electrons. The zero-order valence-electron chi connectivity index (χ0n) is 16.2. The van der Waals surface area contributed by atoms with Gasteiger partial charge in [0.05, 0.1) is 13.2 Å². The van der Waals surface area contributed by atoms with Crippen molar-refractivity contribution in [1.29, 1.82) is 0 Å². The monoisotopic (exact) mass is 334 g/mol. The Labute approximate surface area is 149 Å². The average molecular weight is 335 g/mol. The van der Waals surface area contributed by atoms with Crippen LogP contribution in [0.5, 0.6) is 0 Å². The lowest BCUT2D eigenvalue weighted by atomic mass is 9.43. The van der Waals surface area contributed by atoms with Crippen molar-refractivity contribution in [2.45, 2.75) is 85.0 Å². The molecule has 0 radical (unpaired) electrons. The summed E-state index contributed by atoms with van der Waals surface area (Å²) in [4.78, 5) is 11.0. The van der Waals surface area contributed by atoms with Crippen LogP contribution in [0.3, 0.4) is 0 Å². The van der Waals surface area contributed by atoms with Crippen LogP contribution in [0, 0.1) is 40.4 Å². The summed E-state index contributed by atoms with van der Waals surface area (Å²) in [6, 6.07) is 0. The van der Waals surface area contributed by atoms with Crippen LogP contribution >= 0.6 is 0 Å². The Morgan fingerprint density at radius 2 is 1.71 bits per heavy atom. The van der Waals surface area contributed by atoms with E-state index in [1.807, 2.05) is 6.92 Å². The van der Waals surface area contributed by atoms with E-state index in [0.29, 0.717) is 17.4 Å². The van der Waals surface area contributed by atoms with Gasteiger partial charge < -0.3 is 0 Å². The number of fused-ring (bicyclic) bond motifs is 5. The third-order valence-corrected chi connectivity index (χ3v) is 9.02. The van der Waals surface area contributed by atoms with Gasteiger partial charge in [0.2, 0.25) is 0 Å². The van der Waals surface area contributed by atoms with Crippen LogP contribution < -0.4 is 0 Å². The predicted octanol–water partition coefficient (Wildman–Crippen LogP) is 6.00. The summed E-state index contributed by atoms with van der Waals surface area (Å²) in [6.45, 7) is 8.80. The predicted molar refractivity (Wildman–Crippen MR) is 97.4 cm³/mol. The van der Waals surface area contributed by atoms with Gasteiger partial charge in [-0.25, -0.2) is 9.78 Å². The highest BCUT2D eigenvalue weighted by Gasteiger charge is 2.60. The first-order valence-corrected chi connectivity index (χ1v) is 10.8. The van der Waals surface area contributed by atoms with Gasteiger partial charge in [0.25, 0.3) is 0 Å². The first kappa shape index (κ1) is 17.3. The Morgan fingerprint density at radius 1 is 0.875 bits per heavy atom. The van der Waals surface area contributed by atoms with Crippen molar-refractivity contribution in [2.75, 3.05) is 13.2 Å². The van der Waals surface area contributed by atoms with Gasteiger partial charge in [-0.05, 0) is 86.9 Å². The minimum absolute atomic E-state index is 0.438. The lowest BCUT2D eigenvalue weighted by Crippen LogP contribution is -2.55. The van der Waals surface area contributed by atoms with E-state index in [0.717, 1.165) is 36.2 Å². The van der Waals surface area contributed by atoms with Crippen molar-refractivity contribution in [3.63, 3.8) is 0 Å². The molecule has 4 aliphatic rings. The molecule has 1 unspecified atom stereocenters. The van der Waals surface area contributed by atoms with Crippen LogP contribution in [0.15, 0.2) is 0 Å². The average Bonchev–Trinajstić information content (AvgIpc) is 2.99. The second-order valence-corrected chi connectivity index (χ2v) is 9.91. The van der Waals surface area contributed by atoms with Crippen LogP contribution in [0.25, 0.3) is 0 Å². The summed E-state index contributed by atoms with van der Waals surface area (Å²) in [5.41, 5.74) is 1.07. The van der Waals surface area contributed by atoms with Crippen LogP contribution in [-0.2, 0) is 9.78 Å². The van der Waals surface area contributed by atoms with Gasteiger partial charge in [0.15, 0.2) is 0 Å². The molecule has 2 heteroatoms. The summed E-state index contributed by atoms with van der Waals surface area (Å²) in [7, 11) is 0. The Bertz CT molecular complexity index is 449. The molecule has 0 saturated heterocycles. The Hall–Kier alpha value is -0.0800. The Balaban J connectivity index is 1.57. The van der Waals surface area contributed by atoms with Gasteiger partial charge in [-0.2, -0.15) is 0 Å². The highest BCUT2D eigenvalue weighted by Crippen LogP contribution is 2.67. The smallest absolute Gasteiger partial charge is 0.0881 e. The van der Waals surface area contributed by atoms with Crippen molar-refractivity contribution >= 4 is 0 Å². The molecule has 0 N–H and O–H groups in total. The second kappa shape index (κ2) is 6.58. The van der Waals surface area contributed by atoms with E-state index >= 15 is 0 Å². The van der Waals surface area contributed by atoms with E-state index in [9.17, 15) is 0 Å². The summed E-state index contributed by atoms with van der Waals surface area (Å²) in [5, 5.41) is 0. The third-order valence-electron chi connectivity index (χ3n) is 9.02. The van der Waals surface area contributed by atoms with Gasteiger partial charge in [-0.15, -0.1) is 0 Å². The van der Waals surface area contributed by atoms with Crippen molar-refractivity contribution < 1.29 is 9.78 Å². The Morgan fingerprint density at radius 3 is 2.54 bits per heavy atom. The van der Waals surface area contributed by atoms with Crippen molar-refractivity contribution in [3.8, 4) is 0 Å². The maximum atomic E-state index is 5.67. The van der Waals surface area contributed by atoms with Crippen molar-refractivity contribution in [2.24, 2.45) is 40.4 Å². The van der Waals surface area contributed by atoms with E-state index in [-0.39, 0.29) is 0 Å². The van der Waals surface area contributed by atoms with Gasteiger partial charge in [-0.1, -0.05) is 33.1 Å². The van der Waals surface area contributed by atoms with Gasteiger partial charge in [-0.3, -0.25) is 0 Å². The topological polar surface area (TPSA) is 18.5 Å². The van der Waals surface area contributed by atoms with Crippen molar-refractivity contribution in [1.82, 2.24) is 0 Å². The third kappa shape index (κ3) is 2.58. The summed E-state index contributed by atoms with van der Waals surface area (Å²) in [5.74, 6) is 4.78. The molecule has 0 heterocycles. The zero-order valence-corrected chi connectivity index (χ0v) is 16.2. The first-order chi connectivity index (χ1) is 11.6. The highest BCUT2D eigenvalue weighted by molar-refractivity contribution is 5.08. The summed E-state index contributed by atoms with van der Waals surface area (Å²) >= 11 is 0. The SMILES string of the molecule is CCOOC[C@@]12CCC[C@H]1[C@@H]1C[C@@H](C)C3CCCC[C@]3(C)[C@H]1CC2. The lowest BCUT2D eigenvalue weighted by Gasteiger charge is -2.62. The van der Waals surface area contributed by atoms with Gasteiger partial charge in [0, 0.05) is 5.41 Å². The van der Waals surface area contributed by atoms with E-state index in [1.54, 1.807) is 0 Å². The molecule has 0 amide bonds. The fraction of sp³-hybridized carbons (Fsp3) is 1.00. The standard InChI is InChI=1S/C22H38O2/c1-4-23-24-15-22-12-7-9-20(22)17-14-16(2)18-8-5-6-11-21(18,3)19(17)10-13-22/h16-20H,4-15H2,1-3H3/t16-,17-,18?,19+,20+,21+,22+/m1/s1. The maximum Gasteiger partial charge on any atom is 0.0881 e. The second-order valence-electron chi connectivity index (χ2n) is 9.91. The molecule has 24 heavy (non-hydrogen) atoms. The van der Waals surface area contributed by atoms with E-state index in [4.69, 9.17) is 9.78 Å². The zero-order chi connectivity index (χ0) is 16.8. The molecule has 4 fully saturated rings. The minimum Gasteiger partial charge on any atom is -0.237 e. The molecule has 0 aromatic rings. The molecule has 2 nitrogen and oxygen atoms in total. The van der Waals surface area contributed by atoms with E-state index in [2.05, 4.69) is 13.8 Å². The lowest BCUT2D eigenvalue weighted by molar-refractivity contribution is -0.315. The molecule has 0 spiro atoms. The van der Waals surface area contributed by atoms with Crippen molar-refractivity contribution in [3.05, 3.63) is 0 Å². The van der Waals surface area contributed by atoms with Crippen LogP contribution in [0.4, 0.5) is 0 Å². The first-order valence-electron chi connectivity index (χ1n) is 10.8. The van der Waals surface area contributed by atoms with Crippen LogP contribution in [0.1, 0.15) is 85.0 Å². The molecular weight excluding hydrogens is 296 g/mol. The van der Waals surface area contributed by atoms with E-state index in [1.165, 1.54) is 64.2 Å². The Kier molecular flexibility index (Phi) is 4.75. The molecule has 4 rings (SSSR count). The molecule has 0 aliphatic heterocycles. The molecule has 4 aliphatic carbocycles. The highest BCUT2D eigenvalue weighted by atomic mass is 17.2. The number of hydrogen-bond acceptors (Lipinski definition) is 2.